The highest BCUT2D eigenvalue weighted by Crippen LogP contribution is 2.54. The van der Waals surface area contributed by atoms with E-state index in [2.05, 4.69) is 5.09 Å². The minimum absolute atomic E-state index is 0.124. The number of hydrogen-bond donors (Lipinski definition) is 3. The summed E-state index contributed by atoms with van der Waals surface area (Å²) in [7, 11) is -5.04. The highest BCUT2D eigenvalue weighted by Gasteiger charge is 2.74. The Bertz CT molecular complexity index is 1700. The maximum absolute atomic E-state index is 15.5. The number of H-pyrrole nitrogens is 1. The van der Waals surface area contributed by atoms with Gasteiger partial charge in [-0.05, 0) is 32.2 Å². The number of nitrogens with one attached hydrogen (secondary N) is 2. The number of fused-ring (bicyclic) bond motifs is 1. The number of ether oxygens (including phenoxy) is 2. The van der Waals surface area contributed by atoms with Gasteiger partial charge in [0, 0.05) is 11.6 Å². The molecule has 0 saturated carbocycles. The van der Waals surface area contributed by atoms with Crippen LogP contribution in [0.2, 0.25) is 5.02 Å². The number of benzene rings is 2. The first kappa shape index (κ1) is 33.6. The molecule has 1 saturated heterocycles. The summed E-state index contributed by atoms with van der Waals surface area (Å²) >= 11 is 5.66. The predicted octanol–water partition coefficient (Wildman–Crippen LogP) is 4.01. The maximum Gasteiger partial charge on any atom is 0.459 e. The van der Waals surface area contributed by atoms with Gasteiger partial charge in [-0.25, -0.2) is 18.1 Å². The van der Waals surface area contributed by atoms with Crippen LogP contribution in [0.1, 0.15) is 27.0 Å². The Morgan fingerprint density at radius 3 is 2.50 bits per heavy atom. The molecule has 12 nitrogen and oxygen atoms in total. The fourth-order valence-electron chi connectivity index (χ4n) is 4.34. The zero-order valence-electron chi connectivity index (χ0n) is 23.2. The van der Waals surface area contributed by atoms with Crippen LogP contribution in [-0.2, 0) is 23.4 Å². The topological polar surface area (TPSA) is 158 Å². The van der Waals surface area contributed by atoms with Crippen LogP contribution in [0.4, 0.5) is 17.6 Å². The molecule has 0 bridgehead atoms. The second-order valence-electron chi connectivity index (χ2n) is 10.1. The Morgan fingerprint density at radius 2 is 1.84 bits per heavy atom. The minimum atomic E-state index is -5.04. The summed E-state index contributed by atoms with van der Waals surface area (Å²) in [4.78, 5) is 38.0. The Labute approximate surface area is 251 Å². The van der Waals surface area contributed by atoms with Gasteiger partial charge < -0.3 is 19.1 Å². The van der Waals surface area contributed by atoms with E-state index in [9.17, 15) is 32.8 Å². The largest absolute Gasteiger partial charge is 0.462 e. The number of aliphatic hydroxyl groups is 1. The van der Waals surface area contributed by atoms with Crippen molar-refractivity contribution in [2.75, 3.05) is 6.61 Å². The lowest BCUT2D eigenvalue weighted by atomic mass is 9.95. The third-order valence-electron chi connectivity index (χ3n) is 6.56. The number of halogens is 5. The van der Waals surface area contributed by atoms with Crippen LogP contribution in [0, 0.1) is 0 Å². The molecule has 0 amide bonds. The van der Waals surface area contributed by atoms with Crippen LogP contribution >= 0.6 is 19.3 Å². The van der Waals surface area contributed by atoms with E-state index in [1.165, 1.54) is 32.9 Å². The average Bonchev–Trinajstić information content (AvgIpc) is 3.15. The summed E-state index contributed by atoms with van der Waals surface area (Å²) in [5.74, 6) is -5.94. The van der Waals surface area contributed by atoms with Crippen molar-refractivity contribution in [3.8, 4) is 5.75 Å². The van der Waals surface area contributed by atoms with Crippen molar-refractivity contribution in [1.29, 1.82) is 0 Å². The molecule has 3 aromatic rings. The Hall–Kier alpha value is -3.27. The molecule has 1 aliphatic rings. The zero-order chi connectivity index (χ0) is 32.6. The van der Waals surface area contributed by atoms with Crippen molar-refractivity contribution in [3.05, 3.63) is 74.5 Å². The van der Waals surface area contributed by atoms with Gasteiger partial charge in [0.25, 0.3) is 12.0 Å². The molecule has 2 aromatic carbocycles. The van der Waals surface area contributed by atoms with Gasteiger partial charge in [-0.3, -0.25) is 23.7 Å². The van der Waals surface area contributed by atoms with E-state index < -0.39 is 79.0 Å². The number of esters is 1. The molecule has 0 spiro atoms. The molecular formula is C26H27ClF4N3O9P. The van der Waals surface area contributed by atoms with E-state index in [4.69, 9.17) is 30.1 Å². The van der Waals surface area contributed by atoms with Crippen LogP contribution in [0.5, 0.6) is 5.75 Å². The van der Waals surface area contributed by atoms with E-state index >= 15 is 8.78 Å². The highest BCUT2D eigenvalue weighted by molar-refractivity contribution is 7.52. The fraction of sp³-hybridized carbons (Fsp3) is 0.423. The van der Waals surface area contributed by atoms with Gasteiger partial charge in [-0.15, -0.1) is 0 Å². The second kappa shape index (κ2) is 12.6. The SMILES string of the molecule is CC(C)OC(=O)C(C)NP(=O)(OCC1(C(F)F)OC(n2cc(Cl)c(=O)[nH]c2=O)C(O)C1(F)F)Oc1cccc2ccccc12. The molecule has 44 heavy (non-hydrogen) atoms. The number of nitrogens with zero attached hydrogens (tertiary/aromatic N) is 1. The number of aliphatic hydroxyl groups excluding tert-OH is 1. The van der Waals surface area contributed by atoms with E-state index in [-0.39, 0.29) is 10.3 Å². The van der Waals surface area contributed by atoms with Gasteiger partial charge >= 0.3 is 25.3 Å². The standard InChI is InChI=1S/C26H27ClF4N3O9P/c1-13(2)41-22(37)14(3)33-44(39,43-18-10-6-8-15-7-4-5-9-16(15)18)40-12-25(23(28)29)26(30,31)19(35)21(42-25)34-11-17(27)20(36)32-24(34)38/h4-11,13-14,19,21,23,35H,12H2,1-3H3,(H,33,39)(H,32,36,38). The van der Waals surface area contributed by atoms with E-state index in [1.807, 2.05) is 0 Å². The molecule has 1 fully saturated rings. The molecule has 1 aliphatic heterocycles. The summed E-state index contributed by atoms with van der Waals surface area (Å²) in [6.07, 6.45) is -9.82. The van der Waals surface area contributed by atoms with Gasteiger partial charge in [0.2, 0.25) is 5.60 Å². The number of aromatic nitrogens is 2. The van der Waals surface area contributed by atoms with Gasteiger partial charge in [0.1, 0.15) is 16.8 Å². The number of hydrogen-bond acceptors (Lipinski definition) is 9. The molecule has 0 radical (unpaired) electrons. The highest BCUT2D eigenvalue weighted by atomic mass is 35.5. The number of carbonyl (C=O) groups is 1. The molecule has 3 N–H and O–H groups in total. The molecular weight excluding hydrogens is 641 g/mol. The van der Waals surface area contributed by atoms with Crippen molar-refractivity contribution in [2.24, 2.45) is 0 Å². The third kappa shape index (κ3) is 6.41. The molecule has 1 aromatic heterocycles. The van der Waals surface area contributed by atoms with Gasteiger partial charge in [-0.1, -0.05) is 48.0 Å². The third-order valence-corrected chi connectivity index (χ3v) is 8.44. The van der Waals surface area contributed by atoms with Crippen LogP contribution in [-0.4, -0.2) is 63.4 Å². The molecule has 240 valence electrons. The molecule has 5 unspecified atom stereocenters. The van der Waals surface area contributed by atoms with Gasteiger partial charge in [0.05, 0.1) is 12.7 Å². The van der Waals surface area contributed by atoms with Crippen molar-refractivity contribution in [3.63, 3.8) is 0 Å². The summed E-state index contributed by atoms with van der Waals surface area (Å²) in [5.41, 5.74) is -6.55. The first-order valence-corrected chi connectivity index (χ1v) is 14.9. The van der Waals surface area contributed by atoms with Crippen LogP contribution in [0.25, 0.3) is 10.8 Å². The first-order chi connectivity index (χ1) is 20.5. The summed E-state index contributed by atoms with van der Waals surface area (Å²) in [6, 6.07) is 9.60. The minimum Gasteiger partial charge on any atom is -0.462 e. The van der Waals surface area contributed by atoms with Crippen LogP contribution in [0.3, 0.4) is 0 Å². The van der Waals surface area contributed by atoms with Crippen molar-refractivity contribution >= 4 is 36.1 Å². The molecule has 0 aliphatic carbocycles. The number of aromatic amines is 1. The lowest BCUT2D eigenvalue weighted by Crippen LogP contribution is -2.57. The summed E-state index contributed by atoms with van der Waals surface area (Å²) in [6.45, 7) is 2.35. The molecule has 4 rings (SSSR count). The van der Waals surface area contributed by atoms with Crippen LogP contribution < -0.4 is 20.9 Å². The Balaban J connectivity index is 1.73. The quantitative estimate of drug-likeness (QED) is 0.155. The summed E-state index contributed by atoms with van der Waals surface area (Å²) in [5, 5.41) is 12.9. The normalized spacial score (nSPS) is 23.5. The van der Waals surface area contributed by atoms with Gasteiger partial charge in [0.15, 0.2) is 12.3 Å². The molecule has 5 atom stereocenters. The van der Waals surface area contributed by atoms with Crippen molar-refractivity contribution < 1.29 is 50.5 Å². The number of carbonyl (C=O) groups excluding carboxylic acids is 1. The van der Waals surface area contributed by atoms with Crippen molar-refractivity contribution in [2.45, 2.75) is 63.2 Å². The van der Waals surface area contributed by atoms with Crippen LogP contribution in [0.15, 0.2) is 58.3 Å². The van der Waals surface area contributed by atoms with Gasteiger partial charge in [-0.2, -0.15) is 13.9 Å². The Kier molecular flexibility index (Phi) is 9.64. The van der Waals surface area contributed by atoms with Crippen molar-refractivity contribution in [1.82, 2.24) is 14.6 Å². The average molecular weight is 668 g/mol. The second-order valence-corrected chi connectivity index (χ2v) is 12.2. The fourth-order valence-corrected chi connectivity index (χ4v) is 6.03. The molecule has 18 heteroatoms. The van der Waals surface area contributed by atoms with E-state index in [0.717, 1.165) is 0 Å². The first-order valence-electron chi connectivity index (χ1n) is 12.9. The predicted molar refractivity (Wildman–Crippen MR) is 148 cm³/mol. The Morgan fingerprint density at radius 1 is 1.18 bits per heavy atom. The monoisotopic (exact) mass is 667 g/mol. The number of rotatable bonds is 11. The smallest absolute Gasteiger partial charge is 0.459 e. The number of alkyl halides is 4. The van der Waals surface area contributed by atoms with E-state index in [1.54, 1.807) is 35.3 Å². The van der Waals surface area contributed by atoms with E-state index in [0.29, 0.717) is 17.0 Å². The lowest BCUT2D eigenvalue weighted by Gasteiger charge is -2.34. The molecule has 2 heterocycles. The lowest BCUT2D eigenvalue weighted by molar-refractivity contribution is -0.242. The maximum atomic E-state index is 15.5. The zero-order valence-corrected chi connectivity index (χ0v) is 24.9. The summed E-state index contributed by atoms with van der Waals surface area (Å²) < 4.78 is 95.1.